The molecule has 3 aromatic rings. The van der Waals surface area contributed by atoms with E-state index in [0.29, 0.717) is 16.9 Å². The SMILES string of the molecule is Cc1ccc(Nc2c(C(=O)NOCCO)c3cccnc3n2C)c(F)c1. The van der Waals surface area contributed by atoms with Gasteiger partial charge in [-0.3, -0.25) is 9.63 Å². The number of benzene rings is 1. The highest BCUT2D eigenvalue weighted by Gasteiger charge is 2.23. The summed E-state index contributed by atoms with van der Waals surface area (Å²) in [5, 5.41) is 12.4. The van der Waals surface area contributed by atoms with Gasteiger partial charge < -0.3 is 15.0 Å². The summed E-state index contributed by atoms with van der Waals surface area (Å²) in [5.41, 5.74) is 4.15. The van der Waals surface area contributed by atoms with E-state index in [-0.39, 0.29) is 24.5 Å². The van der Waals surface area contributed by atoms with Crippen molar-refractivity contribution in [2.24, 2.45) is 7.05 Å². The Morgan fingerprint density at radius 2 is 2.19 bits per heavy atom. The van der Waals surface area contributed by atoms with E-state index < -0.39 is 11.7 Å². The maximum absolute atomic E-state index is 14.3. The third-order valence-electron chi connectivity index (χ3n) is 3.91. The Kier molecular flexibility index (Phi) is 5.15. The van der Waals surface area contributed by atoms with Gasteiger partial charge in [-0.15, -0.1) is 0 Å². The summed E-state index contributed by atoms with van der Waals surface area (Å²) < 4.78 is 15.9. The molecular formula is C18H19FN4O3. The van der Waals surface area contributed by atoms with Crippen molar-refractivity contribution in [2.45, 2.75) is 6.92 Å². The van der Waals surface area contributed by atoms with E-state index in [2.05, 4.69) is 15.8 Å². The van der Waals surface area contributed by atoms with Crippen LogP contribution in [0.2, 0.25) is 0 Å². The maximum Gasteiger partial charge on any atom is 0.279 e. The molecular weight excluding hydrogens is 339 g/mol. The number of rotatable bonds is 6. The molecule has 0 aliphatic carbocycles. The van der Waals surface area contributed by atoms with Crippen molar-refractivity contribution in [3.05, 3.63) is 53.5 Å². The van der Waals surface area contributed by atoms with Gasteiger partial charge in [-0.05, 0) is 36.8 Å². The Morgan fingerprint density at radius 1 is 1.38 bits per heavy atom. The third-order valence-corrected chi connectivity index (χ3v) is 3.91. The molecule has 1 amide bonds. The number of amides is 1. The first kappa shape index (κ1) is 17.8. The lowest BCUT2D eigenvalue weighted by atomic mass is 10.2. The van der Waals surface area contributed by atoms with Crippen molar-refractivity contribution >= 4 is 28.4 Å². The Morgan fingerprint density at radius 3 is 2.92 bits per heavy atom. The van der Waals surface area contributed by atoms with Crippen molar-refractivity contribution in [3.63, 3.8) is 0 Å². The molecule has 0 unspecified atom stereocenters. The van der Waals surface area contributed by atoms with E-state index in [1.807, 2.05) is 0 Å². The van der Waals surface area contributed by atoms with Gasteiger partial charge in [-0.1, -0.05) is 6.07 Å². The zero-order valence-corrected chi connectivity index (χ0v) is 14.4. The summed E-state index contributed by atoms with van der Waals surface area (Å²) in [7, 11) is 1.73. The first-order valence-electron chi connectivity index (χ1n) is 8.02. The van der Waals surface area contributed by atoms with Gasteiger partial charge >= 0.3 is 0 Å². The minimum atomic E-state index is -0.521. The number of hydroxylamine groups is 1. The quantitative estimate of drug-likeness (QED) is 0.465. The van der Waals surface area contributed by atoms with Crippen molar-refractivity contribution in [2.75, 3.05) is 18.5 Å². The summed E-state index contributed by atoms with van der Waals surface area (Å²) in [6.07, 6.45) is 1.61. The summed E-state index contributed by atoms with van der Waals surface area (Å²) >= 11 is 0. The molecule has 2 aromatic heterocycles. The van der Waals surface area contributed by atoms with Crippen LogP contribution in [0.5, 0.6) is 0 Å². The number of fused-ring (bicyclic) bond motifs is 1. The Balaban J connectivity index is 2.06. The molecule has 8 heteroatoms. The van der Waals surface area contributed by atoms with Crippen molar-refractivity contribution in [3.8, 4) is 0 Å². The second-order valence-electron chi connectivity index (χ2n) is 5.77. The summed E-state index contributed by atoms with van der Waals surface area (Å²) in [6.45, 7) is 1.53. The summed E-state index contributed by atoms with van der Waals surface area (Å²) in [5.74, 6) is -0.565. The molecule has 136 valence electrons. The Bertz CT molecular complexity index is 955. The number of pyridine rings is 1. The van der Waals surface area contributed by atoms with Crippen LogP contribution in [0.3, 0.4) is 0 Å². The van der Waals surface area contributed by atoms with E-state index in [0.717, 1.165) is 5.56 Å². The van der Waals surface area contributed by atoms with Crippen LogP contribution in [0.4, 0.5) is 15.9 Å². The van der Waals surface area contributed by atoms with E-state index >= 15 is 0 Å². The molecule has 3 rings (SSSR count). The van der Waals surface area contributed by atoms with Crippen LogP contribution in [-0.4, -0.2) is 33.8 Å². The fourth-order valence-electron chi connectivity index (χ4n) is 2.70. The molecule has 0 atom stereocenters. The number of anilines is 2. The van der Waals surface area contributed by atoms with Crippen LogP contribution in [0.1, 0.15) is 15.9 Å². The Hall–Kier alpha value is -2.97. The van der Waals surface area contributed by atoms with Gasteiger partial charge in [0.05, 0.1) is 24.5 Å². The highest BCUT2D eigenvalue weighted by atomic mass is 19.1. The van der Waals surface area contributed by atoms with E-state index in [4.69, 9.17) is 9.94 Å². The fourth-order valence-corrected chi connectivity index (χ4v) is 2.70. The maximum atomic E-state index is 14.3. The molecule has 0 fully saturated rings. The zero-order chi connectivity index (χ0) is 18.7. The largest absolute Gasteiger partial charge is 0.394 e. The van der Waals surface area contributed by atoms with E-state index in [9.17, 15) is 9.18 Å². The number of nitrogens with zero attached hydrogens (tertiary/aromatic N) is 2. The predicted molar refractivity (Wildman–Crippen MR) is 95.6 cm³/mol. The number of hydrogen-bond donors (Lipinski definition) is 3. The molecule has 26 heavy (non-hydrogen) atoms. The third kappa shape index (κ3) is 3.37. The van der Waals surface area contributed by atoms with Crippen LogP contribution in [-0.2, 0) is 11.9 Å². The minimum absolute atomic E-state index is 0.0376. The molecule has 3 N–H and O–H groups in total. The molecule has 1 aromatic carbocycles. The number of hydrogen-bond acceptors (Lipinski definition) is 5. The number of nitrogens with one attached hydrogen (secondary N) is 2. The zero-order valence-electron chi connectivity index (χ0n) is 14.4. The van der Waals surface area contributed by atoms with Crippen LogP contribution >= 0.6 is 0 Å². The average Bonchev–Trinajstić information content (AvgIpc) is 2.90. The van der Waals surface area contributed by atoms with Crippen molar-refractivity contribution in [1.82, 2.24) is 15.0 Å². The molecule has 0 radical (unpaired) electrons. The first-order chi connectivity index (χ1) is 12.5. The molecule has 7 nitrogen and oxygen atoms in total. The molecule has 2 heterocycles. The highest BCUT2D eigenvalue weighted by molar-refractivity contribution is 6.11. The smallest absolute Gasteiger partial charge is 0.279 e. The monoisotopic (exact) mass is 358 g/mol. The van der Waals surface area contributed by atoms with Crippen molar-refractivity contribution in [1.29, 1.82) is 0 Å². The van der Waals surface area contributed by atoms with Crippen LogP contribution < -0.4 is 10.8 Å². The average molecular weight is 358 g/mol. The standard InChI is InChI=1S/C18H19FN4O3/c1-11-5-6-14(13(19)10-11)21-17-15(18(25)22-26-9-8-24)12-4-3-7-20-16(12)23(17)2/h3-7,10,21,24H,8-9H2,1-2H3,(H,22,25). The Labute approximate surface area is 149 Å². The number of aliphatic hydroxyl groups is 1. The highest BCUT2D eigenvalue weighted by Crippen LogP contribution is 2.31. The first-order valence-corrected chi connectivity index (χ1v) is 8.02. The second kappa shape index (κ2) is 7.51. The molecule has 0 saturated heterocycles. The fraction of sp³-hybridized carbons (Fsp3) is 0.222. The lowest BCUT2D eigenvalue weighted by Gasteiger charge is -2.12. The van der Waals surface area contributed by atoms with Crippen molar-refractivity contribution < 1.29 is 19.1 Å². The van der Waals surface area contributed by atoms with E-state index in [1.54, 1.807) is 49.0 Å². The minimum Gasteiger partial charge on any atom is -0.394 e. The predicted octanol–water partition coefficient (Wildman–Crippen LogP) is 2.42. The van der Waals surface area contributed by atoms with Gasteiger partial charge in [-0.2, -0.15) is 0 Å². The lowest BCUT2D eigenvalue weighted by Crippen LogP contribution is -2.25. The van der Waals surface area contributed by atoms with Gasteiger partial charge in [0, 0.05) is 18.6 Å². The lowest BCUT2D eigenvalue weighted by molar-refractivity contribution is 0.0170. The molecule has 0 bridgehead atoms. The van der Waals surface area contributed by atoms with Gasteiger partial charge in [-0.25, -0.2) is 14.9 Å². The van der Waals surface area contributed by atoms with Gasteiger partial charge in [0.15, 0.2) is 0 Å². The summed E-state index contributed by atoms with van der Waals surface area (Å²) in [6, 6.07) is 8.26. The molecule has 0 aliphatic heterocycles. The topological polar surface area (TPSA) is 88.4 Å². The number of aliphatic hydroxyl groups excluding tert-OH is 1. The number of carbonyl (C=O) groups is 1. The normalized spacial score (nSPS) is 10.9. The number of carbonyl (C=O) groups excluding carboxylic acids is 1. The van der Waals surface area contributed by atoms with Crippen LogP contribution in [0, 0.1) is 12.7 Å². The van der Waals surface area contributed by atoms with Crippen LogP contribution in [0.15, 0.2) is 36.5 Å². The number of aryl methyl sites for hydroxylation is 2. The van der Waals surface area contributed by atoms with Crippen LogP contribution in [0.25, 0.3) is 11.0 Å². The van der Waals surface area contributed by atoms with E-state index in [1.165, 1.54) is 6.07 Å². The number of halogens is 1. The van der Waals surface area contributed by atoms with Gasteiger partial charge in [0.1, 0.15) is 17.3 Å². The second-order valence-corrected chi connectivity index (χ2v) is 5.77. The van der Waals surface area contributed by atoms with Gasteiger partial charge in [0.2, 0.25) is 0 Å². The number of aromatic nitrogens is 2. The molecule has 0 aliphatic rings. The molecule has 0 spiro atoms. The molecule has 0 saturated carbocycles. The van der Waals surface area contributed by atoms with Gasteiger partial charge in [0.25, 0.3) is 5.91 Å². The summed E-state index contributed by atoms with van der Waals surface area (Å²) in [4.78, 5) is 21.8.